The molecule has 0 aromatic heterocycles. The molecule has 1 aromatic rings. The van der Waals surface area contributed by atoms with E-state index in [1.165, 1.54) is 37.7 Å². The molecule has 2 atom stereocenters. The summed E-state index contributed by atoms with van der Waals surface area (Å²) in [6.45, 7) is 5.70. The number of esters is 1. The molecule has 1 aromatic carbocycles. The third-order valence-electron chi connectivity index (χ3n) is 7.22. The summed E-state index contributed by atoms with van der Waals surface area (Å²) in [5.41, 5.74) is 1.34. The highest BCUT2D eigenvalue weighted by molar-refractivity contribution is 5.84. The number of aliphatic hydroxyl groups excluding tert-OH is 1. The molecular weight excluding hydrogens is 524 g/mol. The van der Waals surface area contributed by atoms with Crippen molar-refractivity contribution in [2.24, 2.45) is 11.8 Å². The monoisotopic (exact) mass is 576 g/mol. The summed E-state index contributed by atoms with van der Waals surface area (Å²) >= 11 is 0. The van der Waals surface area contributed by atoms with Crippen LogP contribution in [0.1, 0.15) is 103 Å². The molecule has 1 aliphatic rings. The smallest absolute Gasteiger partial charge is 0.328 e. The highest BCUT2D eigenvalue weighted by Crippen LogP contribution is 2.29. The number of nitrogens with zero attached hydrogens (tertiary/aromatic N) is 1. The van der Waals surface area contributed by atoms with Crippen molar-refractivity contribution in [1.82, 2.24) is 5.32 Å². The first-order chi connectivity index (χ1) is 19.7. The maximum atomic E-state index is 12.0. The second-order valence-corrected chi connectivity index (χ2v) is 11.1. The van der Waals surface area contributed by atoms with E-state index < -0.39 is 17.1 Å². The molecule has 1 aliphatic carbocycles. The van der Waals surface area contributed by atoms with Gasteiger partial charge in [0.15, 0.2) is 0 Å². The molecule has 2 N–H and O–H groups in total. The zero-order valence-electron chi connectivity index (χ0n) is 25.3. The van der Waals surface area contributed by atoms with Crippen LogP contribution in [0.15, 0.2) is 42.5 Å². The molecule has 0 aliphatic heterocycles. The van der Waals surface area contributed by atoms with Gasteiger partial charge in [-0.05, 0) is 75.7 Å². The van der Waals surface area contributed by atoms with Gasteiger partial charge in [-0.2, -0.15) is 0 Å². The van der Waals surface area contributed by atoms with Crippen LogP contribution < -0.4 is 5.32 Å². The summed E-state index contributed by atoms with van der Waals surface area (Å²) < 4.78 is 5.13. The Kier molecular flexibility index (Phi) is 20.0. The molecule has 232 valence electrons. The highest BCUT2D eigenvalue weighted by Gasteiger charge is 2.25. The van der Waals surface area contributed by atoms with E-state index in [0.717, 1.165) is 38.0 Å². The SMILES string of the molecule is C/C=C\CCCC(=O)NC(C(=O)OCCCCO[N+](=O)[O-])C(C)C.OC(CCc1ccccc1)CCC1CCCC1. The highest BCUT2D eigenvalue weighted by atomic mass is 16.9. The normalized spacial score (nSPS) is 14.8. The van der Waals surface area contributed by atoms with Gasteiger partial charge in [-0.1, -0.05) is 82.0 Å². The molecule has 1 saturated carbocycles. The van der Waals surface area contributed by atoms with Crippen LogP contribution in [-0.4, -0.2) is 47.4 Å². The average molecular weight is 577 g/mol. The number of hydrogen-bond donors (Lipinski definition) is 2. The van der Waals surface area contributed by atoms with E-state index >= 15 is 0 Å². The topological polar surface area (TPSA) is 128 Å². The predicted octanol–water partition coefficient (Wildman–Crippen LogP) is 6.36. The van der Waals surface area contributed by atoms with Crippen LogP contribution in [0.25, 0.3) is 0 Å². The molecular formula is C32H52N2O7. The van der Waals surface area contributed by atoms with Crippen molar-refractivity contribution < 1.29 is 29.4 Å². The number of carbonyl (C=O) groups excluding carboxylic acids is 2. The second-order valence-electron chi connectivity index (χ2n) is 11.1. The van der Waals surface area contributed by atoms with Crippen LogP contribution in [0.5, 0.6) is 0 Å². The summed E-state index contributed by atoms with van der Waals surface area (Å²) in [5, 5.41) is 21.8. The fourth-order valence-corrected chi connectivity index (χ4v) is 4.75. The Balaban J connectivity index is 0.000000431. The van der Waals surface area contributed by atoms with Gasteiger partial charge in [-0.3, -0.25) is 4.79 Å². The van der Waals surface area contributed by atoms with Gasteiger partial charge in [0.05, 0.1) is 19.3 Å². The minimum atomic E-state index is -0.855. The van der Waals surface area contributed by atoms with Crippen molar-refractivity contribution in [3.63, 3.8) is 0 Å². The minimum absolute atomic E-state index is 0.0267. The van der Waals surface area contributed by atoms with Crippen LogP contribution in [0.4, 0.5) is 0 Å². The van der Waals surface area contributed by atoms with Crippen molar-refractivity contribution in [1.29, 1.82) is 0 Å². The quantitative estimate of drug-likeness (QED) is 0.0645. The summed E-state index contributed by atoms with van der Waals surface area (Å²) in [4.78, 5) is 38.1. The lowest BCUT2D eigenvalue weighted by molar-refractivity contribution is -0.757. The maximum Gasteiger partial charge on any atom is 0.328 e. The number of amides is 1. The minimum Gasteiger partial charge on any atom is -0.464 e. The summed E-state index contributed by atoms with van der Waals surface area (Å²) in [6, 6.07) is 9.78. The van der Waals surface area contributed by atoms with Gasteiger partial charge in [0, 0.05) is 6.42 Å². The van der Waals surface area contributed by atoms with Crippen LogP contribution in [0.2, 0.25) is 0 Å². The lowest BCUT2D eigenvalue weighted by Crippen LogP contribution is -2.45. The third-order valence-corrected chi connectivity index (χ3v) is 7.22. The standard InChI is InChI=1S/C16H28N2O6.C16H24O/c1-4-5-6-7-10-14(19)17-15(13(2)3)16(20)23-11-8-9-12-24-18(21)22;17-16(13-11-15-8-4-5-9-15)12-10-14-6-2-1-3-7-14/h4-5,13,15H,6-12H2,1-3H3,(H,17,19);1-3,6-7,15-17H,4-5,8-13H2/b5-4-;. The Morgan fingerprint density at radius 2 is 1.78 bits per heavy atom. The molecule has 2 rings (SSSR count). The van der Waals surface area contributed by atoms with Crippen LogP contribution in [0, 0.1) is 22.0 Å². The van der Waals surface area contributed by atoms with E-state index in [4.69, 9.17) is 4.74 Å². The number of aliphatic hydroxyl groups is 1. The largest absolute Gasteiger partial charge is 0.464 e. The van der Waals surface area contributed by atoms with Gasteiger partial charge in [-0.15, -0.1) is 10.1 Å². The third kappa shape index (κ3) is 18.9. The van der Waals surface area contributed by atoms with E-state index in [9.17, 15) is 24.8 Å². The molecule has 9 nitrogen and oxygen atoms in total. The van der Waals surface area contributed by atoms with E-state index in [0.29, 0.717) is 19.3 Å². The first-order valence-corrected chi connectivity index (χ1v) is 15.3. The molecule has 1 amide bonds. The number of allylic oxidation sites excluding steroid dienone is 2. The number of aryl methyl sites for hydroxylation is 1. The van der Waals surface area contributed by atoms with Crippen molar-refractivity contribution in [3.05, 3.63) is 58.2 Å². The lowest BCUT2D eigenvalue weighted by Gasteiger charge is -2.20. The molecule has 0 spiro atoms. The van der Waals surface area contributed by atoms with Gasteiger partial charge >= 0.3 is 5.97 Å². The van der Waals surface area contributed by atoms with Crippen molar-refractivity contribution in [2.45, 2.75) is 116 Å². The van der Waals surface area contributed by atoms with Crippen LogP contribution >= 0.6 is 0 Å². The second kappa shape index (κ2) is 22.7. The van der Waals surface area contributed by atoms with Crippen molar-refractivity contribution in [2.75, 3.05) is 13.2 Å². The number of carbonyl (C=O) groups is 2. The van der Waals surface area contributed by atoms with Gasteiger partial charge in [-0.25, -0.2) is 4.79 Å². The van der Waals surface area contributed by atoms with E-state index in [1.54, 1.807) is 0 Å². The number of ether oxygens (including phenoxy) is 1. The Bertz CT molecular complexity index is 870. The zero-order chi connectivity index (χ0) is 30.3. The molecule has 0 heterocycles. The summed E-state index contributed by atoms with van der Waals surface area (Å²) in [6.07, 6.45) is 16.4. The van der Waals surface area contributed by atoms with E-state index in [2.05, 4.69) is 34.4 Å². The zero-order valence-corrected chi connectivity index (χ0v) is 25.3. The number of rotatable bonds is 19. The predicted molar refractivity (Wildman–Crippen MR) is 161 cm³/mol. The van der Waals surface area contributed by atoms with Crippen molar-refractivity contribution >= 4 is 11.9 Å². The number of nitrogens with one attached hydrogen (secondary N) is 1. The average Bonchev–Trinajstić information content (AvgIpc) is 3.48. The summed E-state index contributed by atoms with van der Waals surface area (Å²) in [5.74, 6) is 0.160. The number of unbranched alkanes of at least 4 members (excludes halogenated alkanes) is 2. The van der Waals surface area contributed by atoms with E-state index in [1.807, 2.05) is 39.0 Å². The van der Waals surface area contributed by atoms with Gasteiger partial charge in [0.2, 0.25) is 5.91 Å². The van der Waals surface area contributed by atoms with Crippen molar-refractivity contribution in [3.8, 4) is 0 Å². The molecule has 1 fully saturated rings. The molecule has 9 heteroatoms. The molecule has 0 bridgehead atoms. The van der Waals surface area contributed by atoms with Crippen LogP contribution in [0.3, 0.4) is 0 Å². The Morgan fingerprint density at radius 3 is 2.41 bits per heavy atom. The molecule has 2 unspecified atom stereocenters. The first kappa shape index (κ1) is 36.1. The van der Waals surface area contributed by atoms with Gasteiger partial charge in [0.1, 0.15) is 6.04 Å². The number of hydrogen-bond acceptors (Lipinski definition) is 7. The maximum absolute atomic E-state index is 12.0. The molecule has 0 radical (unpaired) electrons. The Labute approximate surface area is 246 Å². The number of benzene rings is 1. The lowest BCUT2D eigenvalue weighted by atomic mass is 9.97. The fraction of sp³-hybridized carbons (Fsp3) is 0.688. The van der Waals surface area contributed by atoms with Gasteiger partial charge < -0.3 is 20.0 Å². The molecule has 0 saturated heterocycles. The molecule has 41 heavy (non-hydrogen) atoms. The fourth-order valence-electron chi connectivity index (χ4n) is 4.75. The Morgan fingerprint density at radius 1 is 1.10 bits per heavy atom. The summed E-state index contributed by atoms with van der Waals surface area (Å²) in [7, 11) is 0. The van der Waals surface area contributed by atoms with Gasteiger partial charge in [0.25, 0.3) is 5.09 Å². The van der Waals surface area contributed by atoms with Crippen LogP contribution in [-0.2, 0) is 25.6 Å². The Hall–Kier alpha value is -2.94. The first-order valence-electron chi connectivity index (χ1n) is 15.3. The van der Waals surface area contributed by atoms with E-state index in [-0.39, 0.29) is 31.1 Å².